The van der Waals surface area contributed by atoms with E-state index in [9.17, 15) is 9.18 Å². The molecular weight excluding hydrogens is 287 g/mol. The fraction of sp³-hybridized carbons (Fsp3) is 0.417. The Morgan fingerprint density at radius 2 is 2.06 bits per heavy atom. The third kappa shape index (κ3) is 3.43. The predicted molar refractivity (Wildman–Crippen MR) is 68.5 cm³/mol. The van der Waals surface area contributed by atoms with E-state index in [1.54, 1.807) is 12.1 Å². The first-order valence-corrected chi connectivity index (χ1v) is 6.47. The normalized spacial score (nSPS) is 15.9. The lowest BCUT2D eigenvalue weighted by Gasteiger charge is -2.13. The Bertz CT molecular complexity index is 419. The molecule has 0 heterocycles. The highest BCUT2D eigenvalue weighted by atomic mass is 79.9. The van der Waals surface area contributed by atoms with Gasteiger partial charge in [0.25, 0.3) is 0 Å². The molecule has 2 rings (SSSR count). The first kappa shape index (κ1) is 12.4. The van der Waals surface area contributed by atoms with Gasteiger partial charge in [0, 0.05) is 11.7 Å². The van der Waals surface area contributed by atoms with Crippen molar-refractivity contribution in [2.45, 2.75) is 31.7 Å². The molecule has 0 spiro atoms. The van der Waals surface area contributed by atoms with Crippen LogP contribution in [0.25, 0.3) is 0 Å². The lowest BCUT2D eigenvalue weighted by Crippen LogP contribution is -2.36. The summed E-state index contributed by atoms with van der Waals surface area (Å²) in [7, 11) is 0. The van der Waals surface area contributed by atoms with Crippen LogP contribution in [0.5, 0.6) is 0 Å². The van der Waals surface area contributed by atoms with Crippen molar-refractivity contribution in [2.75, 3.05) is 5.32 Å². The molecule has 0 aliphatic heterocycles. The molecule has 92 valence electrons. The smallest absolute Gasteiger partial charge is 0.319 e. The topological polar surface area (TPSA) is 41.1 Å². The summed E-state index contributed by atoms with van der Waals surface area (Å²) in [4.78, 5) is 11.6. The van der Waals surface area contributed by atoms with Gasteiger partial charge < -0.3 is 10.6 Å². The fourth-order valence-corrected chi connectivity index (χ4v) is 2.24. The van der Waals surface area contributed by atoms with E-state index in [4.69, 9.17) is 0 Å². The minimum absolute atomic E-state index is 0.260. The number of halogens is 2. The third-order valence-electron chi connectivity index (χ3n) is 2.87. The largest absolute Gasteiger partial charge is 0.335 e. The molecule has 1 aliphatic carbocycles. The zero-order valence-corrected chi connectivity index (χ0v) is 10.9. The second kappa shape index (κ2) is 5.49. The number of carbonyl (C=O) groups is 1. The lowest BCUT2D eigenvalue weighted by molar-refractivity contribution is 0.248. The fourth-order valence-electron chi connectivity index (χ4n) is 2.00. The van der Waals surface area contributed by atoms with Crippen molar-refractivity contribution in [1.82, 2.24) is 5.32 Å². The van der Waals surface area contributed by atoms with Gasteiger partial charge in [-0.25, -0.2) is 9.18 Å². The Kier molecular flexibility index (Phi) is 3.99. The third-order valence-corrected chi connectivity index (χ3v) is 3.51. The Balaban J connectivity index is 1.90. The molecule has 1 saturated carbocycles. The standard InChI is InChI=1S/C12H14BrFN2O/c13-10-6-5-9(7-11(10)14)16-12(17)15-8-3-1-2-4-8/h5-8H,1-4H2,(H2,15,16,17). The molecule has 17 heavy (non-hydrogen) atoms. The van der Waals surface area contributed by atoms with Gasteiger partial charge in [0.2, 0.25) is 0 Å². The summed E-state index contributed by atoms with van der Waals surface area (Å²) in [6.45, 7) is 0. The van der Waals surface area contributed by atoms with Crippen molar-refractivity contribution in [3.63, 3.8) is 0 Å². The van der Waals surface area contributed by atoms with Crippen LogP contribution in [0.4, 0.5) is 14.9 Å². The van der Waals surface area contributed by atoms with Crippen LogP contribution in [0, 0.1) is 5.82 Å². The maximum absolute atomic E-state index is 13.2. The van der Waals surface area contributed by atoms with Gasteiger partial charge in [-0.3, -0.25) is 0 Å². The van der Waals surface area contributed by atoms with Crippen LogP contribution < -0.4 is 10.6 Å². The molecule has 0 bridgehead atoms. The summed E-state index contributed by atoms with van der Waals surface area (Å²) in [5.74, 6) is -0.385. The number of amides is 2. The second-order valence-corrected chi connectivity index (χ2v) is 5.06. The maximum atomic E-state index is 13.2. The number of carbonyl (C=O) groups excluding carboxylic acids is 1. The van der Waals surface area contributed by atoms with Crippen molar-refractivity contribution < 1.29 is 9.18 Å². The van der Waals surface area contributed by atoms with Gasteiger partial charge >= 0.3 is 6.03 Å². The summed E-state index contributed by atoms with van der Waals surface area (Å²) >= 11 is 3.06. The van der Waals surface area contributed by atoms with Crippen LogP contribution in [0.15, 0.2) is 22.7 Å². The minimum atomic E-state index is -0.385. The van der Waals surface area contributed by atoms with E-state index in [0.717, 1.165) is 25.7 Å². The summed E-state index contributed by atoms with van der Waals surface area (Å²) in [6.07, 6.45) is 4.39. The molecule has 1 aliphatic rings. The van der Waals surface area contributed by atoms with E-state index in [1.807, 2.05) is 0 Å². The average molecular weight is 301 g/mol. The number of hydrogen-bond donors (Lipinski definition) is 2. The first-order valence-electron chi connectivity index (χ1n) is 5.68. The Hall–Kier alpha value is -1.10. The van der Waals surface area contributed by atoms with Crippen molar-refractivity contribution in [2.24, 2.45) is 0 Å². The second-order valence-electron chi connectivity index (χ2n) is 4.21. The Morgan fingerprint density at radius 1 is 1.35 bits per heavy atom. The number of nitrogens with one attached hydrogen (secondary N) is 2. The molecule has 0 radical (unpaired) electrons. The van der Waals surface area contributed by atoms with E-state index in [-0.39, 0.29) is 17.9 Å². The van der Waals surface area contributed by atoms with Gasteiger partial charge in [0.05, 0.1) is 4.47 Å². The van der Waals surface area contributed by atoms with E-state index in [1.165, 1.54) is 6.07 Å². The van der Waals surface area contributed by atoms with Crippen LogP contribution >= 0.6 is 15.9 Å². The molecule has 1 fully saturated rings. The molecule has 5 heteroatoms. The SMILES string of the molecule is O=C(Nc1ccc(Br)c(F)c1)NC1CCCC1. The highest BCUT2D eigenvalue weighted by Crippen LogP contribution is 2.20. The molecular formula is C12H14BrFN2O. The van der Waals surface area contributed by atoms with Crippen molar-refractivity contribution in [3.8, 4) is 0 Å². The van der Waals surface area contributed by atoms with Crippen LogP contribution in [0.2, 0.25) is 0 Å². The van der Waals surface area contributed by atoms with E-state index < -0.39 is 0 Å². The molecule has 0 unspecified atom stereocenters. The van der Waals surface area contributed by atoms with Crippen LogP contribution in [-0.4, -0.2) is 12.1 Å². The summed E-state index contributed by atoms with van der Waals surface area (Å²) < 4.78 is 13.6. The Morgan fingerprint density at radius 3 is 2.71 bits per heavy atom. The van der Waals surface area contributed by atoms with Crippen LogP contribution in [0.1, 0.15) is 25.7 Å². The average Bonchev–Trinajstić information content (AvgIpc) is 2.76. The molecule has 0 saturated heterocycles. The molecule has 1 aromatic rings. The molecule has 2 N–H and O–H groups in total. The van der Waals surface area contributed by atoms with Crippen LogP contribution in [-0.2, 0) is 0 Å². The van der Waals surface area contributed by atoms with Crippen LogP contribution in [0.3, 0.4) is 0 Å². The summed E-state index contributed by atoms with van der Waals surface area (Å²) in [5, 5.41) is 5.50. The van der Waals surface area contributed by atoms with E-state index >= 15 is 0 Å². The van der Waals surface area contributed by atoms with E-state index in [2.05, 4.69) is 26.6 Å². The maximum Gasteiger partial charge on any atom is 0.319 e. The van der Waals surface area contributed by atoms with E-state index in [0.29, 0.717) is 10.2 Å². The molecule has 1 aromatic carbocycles. The summed E-state index contributed by atoms with van der Waals surface area (Å²) in [5.41, 5.74) is 0.459. The van der Waals surface area contributed by atoms with Gasteiger partial charge in [0.1, 0.15) is 5.82 Å². The highest BCUT2D eigenvalue weighted by Gasteiger charge is 2.17. The molecule has 0 atom stereocenters. The lowest BCUT2D eigenvalue weighted by atomic mass is 10.2. The monoisotopic (exact) mass is 300 g/mol. The number of rotatable bonds is 2. The number of urea groups is 1. The quantitative estimate of drug-likeness (QED) is 0.860. The number of anilines is 1. The van der Waals surface area contributed by atoms with Gasteiger partial charge in [0.15, 0.2) is 0 Å². The van der Waals surface area contributed by atoms with Crippen molar-refractivity contribution in [3.05, 3.63) is 28.5 Å². The van der Waals surface area contributed by atoms with Gasteiger partial charge in [-0.15, -0.1) is 0 Å². The molecule has 0 aromatic heterocycles. The highest BCUT2D eigenvalue weighted by molar-refractivity contribution is 9.10. The van der Waals surface area contributed by atoms with Gasteiger partial charge in [-0.05, 0) is 47.0 Å². The predicted octanol–water partition coefficient (Wildman–Crippen LogP) is 3.65. The summed E-state index contributed by atoms with van der Waals surface area (Å²) in [6, 6.07) is 4.51. The number of benzene rings is 1. The van der Waals surface area contributed by atoms with Crippen molar-refractivity contribution in [1.29, 1.82) is 0 Å². The molecule has 2 amide bonds. The zero-order chi connectivity index (χ0) is 12.3. The zero-order valence-electron chi connectivity index (χ0n) is 9.30. The minimum Gasteiger partial charge on any atom is -0.335 e. The molecule has 3 nitrogen and oxygen atoms in total. The van der Waals surface area contributed by atoms with Gasteiger partial charge in [-0.1, -0.05) is 12.8 Å². The number of hydrogen-bond acceptors (Lipinski definition) is 1. The first-order chi connectivity index (χ1) is 8.15. The van der Waals surface area contributed by atoms with Gasteiger partial charge in [-0.2, -0.15) is 0 Å². The Labute approximate surface area is 108 Å². The van der Waals surface area contributed by atoms with Crippen molar-refractivity contribution >= 4 is 27.6 Å².